The topological polar surface area (TPSA) is 78.7 Å². The lowest BCUT2D eigenvalue weighted by Crippen LogP contribution is -2.48. The van der Waals surface area contributed by atoms with Crippen molar-refractivity contribution in [2.45, 2.75) is 32.7 Å². The minimum absolute atomic E-state index is 0.118. The minimum Gasteiger partial charge on any atom is -0.365 e. The molecule has 0 bridgehead atoms. The molecule has 6 nitrogen and oxygen atoms in total. The number of nitrogens with zero attached hydrogens (tertiary/aromatic N) is 2. The van der Waals surface area contributed by atoms with Gasteiger partial charge in [0.15, 0.2) is 0 Å². The Kier molecular flexibility index (Phi) is 6.69. The summed E-state index contributed by atoms with van der Waals surface area (Å²) in [6.45, 7) is 6.37. The summed E-state index contributed by atoms with van der Waals surface area (Å²) in [6.07, 6.45) is 2.81. The average molecular weight is 445 g/mol. The van der Waals surface area contributed by atoms with Gasteiger partial charge >= 0.3 is 0 Å². The van der Waals surface area contributed by atoms with E-state index in [1.54, 1.807) is 12.1 Å². The summed E-state index contributed by atoms with van der Waals surface area (Å²) < 4.78 is 13.4. The highest BCUT2D eigenvalue weighted by atomic mass is 32.1. The van der Waals surface area contributed by atoms with Gasteiger partial charge in [-0.1, -0.05) is 19.1 Å². The van der Waals surface area contributed by atoms with E-state index in [0.29, 0.717) is 23.0 Å². The number of primary amides is 1. The molecule has 4 rings (SSSR count). The van der Waals surface area contributed by atoms with E-state index >= 15 is 0 Å². The molecule has 3 N–H and O–H groups in total. The van der Waals surface area contributed by atoms with Gasteiger partial charge < -0.3 is 11.1 Å². The highest BCUT2D eigenvalue weighted by Crippen LogP contribution is 2.39. The molecule has 0 spiro atoms. The van der Waals surface area contributed by atoms with Gasteiger partial charge in [-0.25, -0.2) is 4.39 Å². The van der Waals surface area contributed by atoms with Gasteiger partial charge in [-0.3, -0.25) is 19.4 Å². The Morgan fingerprint density at radius 2 is 1.97 bits per heavy atom. The number of carbonyl (C=O) groups excluding carboxylic acids is 2. The number of piperazine rings is 1. The van der Waals surface area contributed by atoms with E-state index in [4.69, 9.17) is 5.73 Å². The van der Waals surface area contributed by atoms with Crippen LogP contribution in [-0.4, -0.2) is 54.3 Å². The maximum Gasteiger partial charge on any atom is 0.251 e. The first kappa shape index (κ1) is 21.9. The van der Waals surface area contributed by atoms with Gasteiger partial charge in [0.2, 0.25) is 5.91 Å². The quantitative estimate of drug-likeness (QED) is 0.718. The zero-order chi connectivity index (χ0) is 22.0. The number of nitrogens with one attached hydrogen (secondary N) is 1. The molecule has 2 heterocycles. The Morgan fingerprint density at radius 3 is 2.68 bits per heavy atom. The van der Waals surface area contributed by atoms with Gasteiger partial charge in [-0.15, -0.1) is 11.3 Å². The highest BCUT2D eigenvalue weighted by molar-refractivity contribution is 7.17. The molecular formula is C23H29FN4O2S. The van der Waals surface area contributed by atoms with Crippen LogP contribution in [0.5, 0.6) is 0 Å². The lowest BCUT2D eigenvalue weighted by Gasteiger charge is -2.34. The highest BCUT2D eigenvalue weighted by Gasteiger charge is 2.28. The SMILES string of the molecule is C[C@@H]1CCc2c(sc(NC(=O)CN3CCN(Cc4cccc(F)c4)CC3)c2C(N)=O)C1. The summed E-state index contributed by atoms with van der Waals surface area (Å²) in [5, 5.41) is 3.55. The third-order valence-electron chi connectivity index (χ3n) is 6.14. The Balaban J connectivity index is 1.31. The summed E-state index contributed by atoms with van der Waals surface area (Å²) in [5.41, 5.74) is 8.13. The van der Waals surface area contributed by atoms with Crippen molar-refractivity contribution >= 4 is 28.2 Å². The Morgan fingerprint density at radius 1 is 1.23 bits per heavy atom. The lowest BCUT2D eigenvalue weighted by atomic mass is 9.88. The Bertz CT molecular complexity index is 968. The molecule has 0 saturated carbocycles. The van der Waals surface area contributed by atoms with Crippen molar-refractivity contribution < 1.29 is 14.0 Å². The molecular weight excluding hydrogens is 415 g/mol. The van der Waals surface area contributed by atoms with Crippen molar-refractivity contribution in [3.05, 3.63) is 51.7 Å². The summed E-state index contributed by atoms with van der Waals surface area (Å²) in [6, 6.07) is 6.68. The summed E-state index contributed by atoms with van der Waals surface area (Å²) in [7, 11) is 0. The van der Waals surface area contributed by atoms with E-state index in [0.717, 1.165) is 56.6 Å². The minimum atomic E-state index is -0.465. The molecule has 1 aliphatic heterocycles. The first-order valence-corrected chi connectivity index (χ1v) is 11.6. The van der Waals surface area contributed by atoms with E-state index in [1.165, 1.54) is 22.3 Å². The van der Waals surface area contributed by atoms with Gasteiger partial charge in [0.25, 0.3) is 5.91 Å². The van der Waals surface area contributed by atoms with E-state index in [2.05, 4.69) is 22.0 Å². The van der Waals surface area contributed by atoms with Crippen LogP contribution in [0.4, 0.5) is 9.39 Å². The van der Waals surface area contributed by atoms with E-state index in [9.17, 15) is 14.0 Å². The summed E-state index contributed by atoms with van der Waals surface area (Å²) >= 11 is 1.50. The molecule has 2 aliphatic rings. The number of halogens is 1. The predicted molar refractivity (Wildman–Crippen MR) is 121 cm³/mol. The van der Waals surface area contributed by atoms with Crippen molar-refractivity contribution in [1.29, 1.82) is 0 Å². The number of hydrogen-bond acceptors (Lipinski definition) is 5. The Labute approximate surface area is 186 Å². The molecule has 1 atom stereocenters. The zero-order valence-corrected chi connectivity index (χ0v) is 18.6. The number of rotatable bonds is 6. The molecule has 1 aliphatic carbocycles. The van der Waals surface area contributed by atoms with Gasteiger partial charge in [0.1, 0.15) is 10.8 Å². The van der Waals surface area contributed by atoms with Crippen LogP contribution >= 0.6 is 11.3 Å². The third-order valence-corrected chi connectivity index (χ3v) is 7.31. The first-order valence-electron chi connectivity index (χ1n) is 10.8. The number of carbonyl (C=O) groups is 2. The zero-order valence-electron chi connectivity index (χ0n) is 17.8. The molecule has 1 aromatic heterocycles. The van der Waals surface area contributed by atoms with Gasteiger partial charge in [-0.2, -0.15) is 0 Å². The van der Waals surface area contributed by atoms with Crippen LogP contribution in [0.3, 0.4) is 0 Å². The summed E-state index contributed by atoms with van der Waals surface area (Å²) in [4.78, 5) is 30.3. The molecule has 8 heteroatoms. The number of nitrogens with two attached hydrogens (primary N) is 1. The molecule has 31 heavy (non-hydrogen) atoms. The normalized spacial score (nSPS) is 19.7. The predicted octanol–water partition coefficient (Wildman–Crippen LogP) is 2.87. The van der Waals surface area contributed by atoms with Gasteiger partial charge in [-0.05, 0) is 48.4 Å². The third kappa shape index (κ3) is 5.31. The Hall–Kier alpha value is -2.29. The second-order valence-corrected chi connectivity index (χ2v) is 9.76. The van der Waals surface area contributed by atoms with Crippen molar-refractivity contribution in [3.8, 4) is 0 Å². The standard InChI is InChI=1S/C23H29FN4O2S/c1-15-5-6-18-19(11-15)31-23(21(18)22(25)30)26-20(29)14-28-9-7-27(8-10-28)13-16-3-2-4-17(24)12-16/h2-4,12,15H,5-11,13-14H2,1H3,(H2,25,30)(H,26,29)/t15-/m1/s1. The van der Waals surface area contributed by atoms with Crippen LogP contribution in [0.2, 0.25) is 0 Å². The number of amides is 2. The molecule has 0 unspecified atom stereocenters. The van der Waals surface area contributed by atoms with Crippen molar-refractivity contribution in [3.63, 3.8) is 0 Å². The van der Waals surface area contributed by atoms with E-state index in [1.807, 2.05) is 6.07 Å². The van der Waals surface area contributed by atoms with Gasteiger partial charge in [0.05, 0.1) is 12.1 Å². The van der Waals surface area contributed by atoms with Crippen LogP contribution < -0.4 is 11.1 Å². The average Bonchev–Trinajstić information content (AvgIpc) is 3.06. The fourth-order valence-corrected chi connectivity index (χ4v) is 5.90. The molecule has 2 amide bonds. The van der Waals surface area contributed by atoms with Crippen molar-refractivity contribution in [1.82, 2.24) is 9.80 Å². The maximum atomic E-state index is 13.4. The van der Waals surface area contributed by atoms with Crippen LogP contribution in [-0.2, 0) is 24.2 Å². The lowest BCUT2D eigenvalue weighted by molar-refractivity contribution is -0.117. The fourth-order valence-electron chi connectivity index (χ4n) is 4.47. The molecule has 166 valence electrons. The van der Waals surface area contributed by atoms with Crippen molar-refractivity contribution in [2.24, 2.45) is 11.7 Å². The van der Waals surface area contributed by atoms with Crippen molar-refractivity contribution in [2.75, 3.05) is 38.0 Å². The summed E-state index contributed by atoms with van der Waals surface area (Å²) in [5.74, 6) is -0.215. The molecule has 0 radical (unpaired) electrons. The van der Waals surface area contributed by atoms with Crippen LogP contribution in [0.1, 0.15) is 39.7 Å². The van der Waals surface area contributed by atoms with Crippen LogP contribution in [0, 0.1) is 11.7 Å². The smallest absolute Gasteiger partial charge is 0.251 e. The molecule has 1 saturated heterocycles. The monoisotopic (exact) mass is 444 g/mol. The van der Waals surface area contributed by atoms with E-state index in [-0.39, 0.29) is 18.3 Å². The van der Waals surface area contributed by atoms with Gasteiger partial charge in [0, 0.05) is 37.6 Å². The van der Waals surface area contributed by atoms with Crippen LogP contribution in [0.15, 0.2) is 24.3 Å². The molecule has 1 aromatic carbocycles. The first-order chi connectivity index (χ1) is 14.9. The number of anilines is 1. The maximum absolute atomic E-state index is 13.4. The molecule has 1 fully saturated rings. The van der Waals surface area contributed by atoms with E-state index < -0.39 is 5.91 Å². The largest absolute Gasteiger partial charge is 0.365 e. The number of thiophene rings is 1. The number of hydrogen-bond donors (Lipinski definition) is 2. The fraction of sp³-hybridized carbons (Fsp3) is 0.478. The second kappa shape index (κ2) is 9.46. The second-order valence-electron chi connectivity index (χ2n) is 8.65. The van der Waals surface area contributed by atoms with Crippen LogP contribution in [0.25, 0.3) is 0 Å². The number of fused-ring (bicyclic) bond motifs is 1. The number of benzene rings is 1. The molecule has 2 aromatic rings.